The minimum Gasteiger partial charge on any atom is -0.381 e. The van der Waals surface area contributed by atoms with E-state index in [0.717, 1.165) is 18.3 Å². The van der Waals surface area contributed by atoms with Gasteiger partial charge in [0, 0.05) is 19.6 Å². The van der Waals surface area contributed by atoms with E-state index >= 15 is 0 Å². The minimum atomic E-state index is -0.569. The molecule has 17 heavy (non-hydrogen) atoms. The summed E-state index contributed by atoms with van der Waals surface area (Å²) in [5.41, 5.74) is 5.68. The van der Waals surface area contributed by atoms with Crippen LogP contribution in [0.4, 0.5) is 0 Å². The number of hydrogen-bond donors (Lipinski definition) is 1. The Labute approximate surface area is 103 Å². The van der Waals surface area contributed by atoms with Crippen molar-refractivity contribution < 1.29 is 9.53 Å². The number of Topliss-reactive ketones (excluding diaryl/α,β-unsaturated/α-hetero) is 1. The minimum absolute atomic E-state index is 0.304. The van der Waals surface area contributed by atoms with Crippen molar-refractivity contribution in [3.63, 3.8) is 0 Å². The predicted octanol–water partition coefficient (Wildman–Crippen LogP) is 1.89. The first-order chi connectivity index (χ1) is 8.17. The predicted molar refractivity (Wildman–Crippen MR) is 65.5 cm³/mol. The van der Waals surface area contributed by atoms with Gasteiger partial charge in [0.25, 0.3) is 0 Å². The van der Waals surface area contributed by atoms with E-state index in [1.54, 1.807) is 0 Å². The zero-order valence-corrected chi connectivity index (χ0v) is 10.5. The molecule has 3 heteroatoms. The summed E-state index contributed by atoms with van der Waals surface area (Å²) in [4.78, 5) is 12.4. The molecule has 2 bridgehead atoms. The molecular formula is C14H23NO2. The van der Waals surface area contributed by atoms with Gasteiger partial charge in [-0.05, 0) is 49.9 Å². The molecular weight excluding hydrogens is 214 g/mol. The Morgan fingerprint density at radius 3 is 2.59 bits per heavy atom. The van der Waals surface area contributed by atoms with Gasteiger partial charge in [-0.25, -0.2) is 0 Å². The zero-order valence-electron chi connectivity index (χ0n) is 10.5. The number of ketones is 1. The fourth-order valence-corrected chi connectivity index (χ4v) is 4.08. The molecule has 0 aromatic rings. The van der Waals surface area contributed by atoms with Crippen LogP contribution in [0.5, 0.6) is 0 Å². The second kappa shape index (κ2) is 4.36. The van der Waals surface area contributed by atoms with Crippen molar-refractivity contribution in [3.8, 4) is 0 Å². The van der Waals surface area contributed by atoms with Crippen LogP contribution in [0.15, 0.2) is 0 Å². The molecule has 2 N–H and O–H groups in total. The van der Waals surface area contributed by atoms with Crippen LogP contribution in [0.1, 0.15) is 44.9 Å². The van der Waals surface area contributed by atoms with Crippen LogP contribution in [0, 0.1) is 17.8 Å². The molecule has 2 saturated carbocycles. The van der Waals surface area contributed by atoms with Gasteiger partial charge < -0.3 is 10.5 Å². The molecule has 3 fully saturated rings. The molecule has 1 aliphatic heterocycles. The largest absolute Gasteiger partial charge is 0.381 e. The number of fused-ring (bicyclic) bond motifs is 2. The smallest absolute Gasteiger partial charge is 0.153 e. The Hall–Kier alpha value is -0.410. The third kappa shape index (κ3) is 2.15. The molecule has 3 nitrogen and oxygen atoms in total. The summed E-state index contributed by atoms with van der Waals surface area (Å²) in [6, 6.07) is 0. The van der Waals surface area contributed by atoms with Crippen LogP contribution in [-0.2, 0) is 9.53 Å². The van der Waals surface area contributed by atoms with Crippen molar-refractivity contribution in [1.82, 2.24) is 0 Å². The Balaban J connectivity index is 1.59. The van der Waals surface area contributed by atoms with Gasteiger partial charge in [-0.1, -0.05) is 6.42 Å². The zero-order chi connectivity index (χ0) is 11.9. The first kappa shape index (κ1) is 11.7. The molecule has 3 atom stereocenters. The summed E-state index contributed by atoms with van der Waals surface area (Å²) in [5.74, 6) is 2.69. The van der Waals surface area contributed by atoms with Crippen molar-refractivity contribution in [2.75, 3.05) is 13.2 Å². The summed E-state index contributed by atoms with van der Waals surface area (Å²) in [6.07, 6.45) is 7.57. The fraction of sp³-hybridized carbons (Fsp3) is 0.929. The Kier molecular flexibility index (Phi) is 2.99. The fourth-order valence-electron chi connectivity index (χ4n) is 4.08. The van der Waals surface area contributed by atoms with Gasteiger partial charge in [0.15, 0.2) is 5.78 Å². The summed E-state index contributed by atoms with van der Waals surface area (Å²) in [7, 11) is 0. The van der Waals surface area contributed by atoms with E-state index in [2.05, 4.69) is 0 Å². The standard InChI is InChI=1S/C14H23NO2/c15-14(3-5-17-6-4-14)13(16)9-12-8-10-1-2-11(12)7-10/h10-12H,1-9,15H2. The second-order valence-electron chi connectivity index (χ2n) is 6.33. The number of rotatable bonds is 3. The number of ether oxygens (including phenoxy) is 1. The maximum absolute atomic E-state index is 12.4. The lowest BCUT2D eigenvalue weighted by atomic mass is 9.78. The van der Waals surface area contributed by atoms with Crippen molar-refractivity contribution >= 4 is 5.78 Å². The van der Waals surface area contributed by atoms with Gasteiger partial charge in [-0.15, -0.1) is 0 Å². The summed E-state index contributed by atoms with van der Waals surface area (Å²) >= 11 is 0. The lowest BCUT2D eigenvalue weighted by Gasteiger charge is -2.33. The van der Waals surface area contributed by atoms with Crippen LogP contribution in [0.2, 0.25) is 0 Å². The van der Waals surface area contributed by atoms with Gasteiger partial charge in [0.2, 0.25) is 0 Å². The first-order valence-corrected chi connectivity index (χ1v) is 7.07. The number of carbonyl (C=O) groups is 1. The Bertz CT molecular complexity index is 309. The van der Waals surface area contributed by atoms with Crippen LogP contribution in [-0.4, -0.2) is 24.5 Å². The Morgan fingerprint density at radius 1 is 1.24 bits per heavy atom. The number of carbonyl (C=O) groups excluding carboxylic acids is 1. The van der Waals surface area contributed by atoms with Crippen molar-refractivity contribution in [1.29, 1.82) is 0 Å². The number of nitrogens with two attached hydrogens (primary N) is 1. The van der Waals surface area contributed by atoms with Gasteiger partial charge in [-0.2, -0.15) is 0 Å². The molecule has 3 aliphatic rings. The molecule has 0 amide bonds. The van der Waals surface area contributed by atoms with Crippen molar-refractivity contribution in [2.24, 2.45) is 23.5 Å². The quantitative estimate of drug-likeness (QED) is 0.815. The highest BCUT2D eigenvalue weighted by Crippen LogP contribution is 2.50. The highest BCUT2D eigenvalue weighted by molar-refractivity contribution is 5.88. The summed E-state index contributed by atoms with van der Waals surface area (Å²) < 4.78 is 5.30. The van der Waals surface area contributed by atoms with Gasteiger partial charge >= 0.3 is 0 Å². The molecule has 3 unspecified atom stereocenters. The van der Waals surface area contributed by atoms with E-state index in [9.17, 15) is 4.79 Å². The van der Waals surface area contributed by atoms with E-state index in [-0.39, 0.29) is 0 Å². The average Bonchev–Trinajstić information content (AvgIpc) is 2.92. The van der Waals surface area contributed by atoms with E-state index < -0.39 is 5.54 Å². The van der Waals surface area contributed by atoms with Crippen LogP contribution in [0.3, 0.4) is 0 Å². The molecule has 0 aromatic carbocycles. The maximum Gasteiger partial charge on any atom is 0.153 e. The summed E-state index contributed by atoms with van der Waals surface area (Å²) in [6.45, 7) is 1.30. The highest BCUT2D eigenvalue weighted by Gasteiger charge is 2.43. The molecule has 1 saturated heterocycles. The van der Waals surface area contributed by atoms with E-state index in [1.165, 1.54) is 25.7 Å². The van der Waals surface area contributed by atoms with Gasteiger partial charge in [0.05, 0.1) is 5.54 Å². The van der Waals surface area contributed by atoms with Crippen LogP contribution < -0.4 is 5.73 Å². The van der Waals surface area contributed by atoms with E-state index in [4.69, 9.17) is 10.5 Å². The SMILES string of the molecule is NC1(C(=O)CC2CC3CCC2C3)CCOCC1. The van der Waals surface area contributed by atoms with E-state index in [0.29, 0.717) is 37.8 Å². The van der Waals surface area contributed by atoms with Crippen molar-refractivity contribution in [2.45, 2.75) is 50.5 Å². The van der Waals surface area contributed by atoms with E-state index in [1.807, 2.05) is 0 Å². The summed E-state index contributed by atoms with van der Waals surface area (Å²) in [5, 5.41) is 0. The van der Waals surface area contributed by atoms with Gasteiger partial charge in [0.1, 0.15) is 0 Å². The maximum atomic E-state index is 12.4. The number of hydrogen-bond acceptors (Lipinski definition) is 3. The Morgan fingerprint density at radius 2 is 2.00 bits per heavy atom. The van der Waals surface area contributed by atoms with Crippen LogP contribution >= 0.6 is 0 Å². The second-order valence-corrected chi connectivity index (χ2v) is 6.33. The topological polar surface area (TPSA) is 52.3 Å². The monoisotopic (exact) mass is 237 g/mol. The molecule has 1 heterocycles. The third-order valence-corrected chi connectivity index (χ3v) is 5.27. The first-order valence-electron chi connectivity index (χ1n) is 7.07. The lowest BCUT2D eigenvalue weighted by molar-refractivity contribution is -0.128. The molecule has 0 radical (unpaired) electrons. The molecule has 2 aliphatic carbocycles. The van der Waals surface area contributed by atoms with Crippen molar-refractivity contribution in [3.05, 3.63) is 0 Å². The molecule has 0 aromatic heterocycles. The molecule has 96 valence electrons. The molecule has 0 spiro atoms. The van der Waals surface area contributed by atoms with Gasteiger partial charge in [-0.3, -0.25) is 4.79 Å². The highest BCUT2D eigenvalue weighted by atomic mass is 16.5. The normalized spacial score (nSPS) is 39.5. The lowest BCUT2D eigenvalue weighted by Crippen LogP contribution is -2.52. The van der Waals surface area contributed by atoms with Crippen LogP contribution in [0.25, 0.3) is 0 Å². The molecule has 3 rings (SSSR count). The average molecular weight is 237 g/mol. The third-order valence-electron chi connectivity index (χ3n) is 5.27.